The van der Waals surface area contributed by atoms with E-state index in [0.717, 1.165) is 17.2 Å². The molecule has 0 spiro atoms. The molecule has 0 aliphatic carbocycles. The molecule has 194 valence electrons. The Kier molecular flexibility index (Phi) is 10.0. The van der Waals surface area contributed by atoms with E-state index in [0.29, 0.717) is 47.9 Å². The SMILES string of the molecule is CCOc1cc(/C=C(/C#N)C(=O)Nc2nnc(CC(C)C)s2)ccc1OCCOc1ccc(C)c(C)c1. The number of carbonyl (C=O) groups is 1. The number of anilines is 1. The minimum Gasteiger partial charge on any atom is -0.490 e. The zero-order chi connectivity index (χ0) is 26.8. The molecule has 1 aromatic heterocycles. The van der Waals surface area contributed by atoms with Crippen LogP contribution in [0.3, 0.4) is 0 Å². The van der Waals surface area contributed by atoms with E-state index in [2.05, 4.69) is 36.3 Å². The minimum atomic E-state index is -0.545. The highest BCUT2D eigenvalue weighted by atomic mass is 32.1. The maximum Gasteiger partial charge on any atom is 0.268 e. The third-order valence-electron chi connectivity index (χ3n) is 5.30. The van der Waals surface area contributed by atoms with Crippen molar-refractivity contribution in [3.8, 4) is 23.3 Å². The lowest BCUT2D eigenvalue weighted by atomic mass is 10.1. The number of amides is 1. The lowest BCUT2D eigenvalue weighted by molar-refractivity contribution is -0.112. The number of ether oxygens (including phenoxy) is 3. The summed E-state index contributed by atoms with van der Waals surface area (Å²) in [5.41, 5.74) is 2.96. The van der Waals surface area contributed by atoms with Crippen molar-refractivity contribution in [1.29, 1.82) is 5.26 Å². The summed E-state index contributed by atoms with van der Waals surface area (Å²) in [7, 11) is 0. The smallest absolute Gasteiger partial charge is 0.268 e. The van der Waals surface area contributed by atoms with E-state index in [9.17, 15) is 10.1 Å². The number of hydrogen-bond acceptors (Lipinski definition) is 8. The molecule has 0 saturated heterocycles. The molecule has 0 radical (unpaired) electrons. The van der Waals surface area contributed by atoms with E-state index in [-0.39, 0.29) is 5.57 Å². The topological polar surface area (TPSA) is 106 Å². The summed E-state index contributed by atoms with van der Waals surface area (Å²) in [5, 5.41) is 21.5. The van der Waals surface area contributed by atoms with Gasteiger partial charge in [0.25, 0.3) is 5.91 Å². The number of hydrogen-bond donors (Lipinski definition) is 1. The Labute approximate surface area is 221 Å². The molecular formula is C28H32N4O4S. The van der Waals surface area contributed by atoms with E-state index < -0.39 is 5.91 Å². The number of carbonyl (C=O) groups excluding carboxylic acids is 1. The molecule has 0 aliphatic rings. The summed E-state index contributed by atoms with van der Waals surface area (Å²) in [5.74, 6) is 1.75. The molecule has 1 N–H and O–H groups in total. The first-order valence-corrected chi connectivity index (χ1v) is 13.0. The molecule has 0 fully saturated rings. The van der Waals surface area contributed by atoms with Crippen LogP contribution in [0.2, 0.25) is 0 Å². The van der Waals surface area contributed by atoms with Gasteiger partial charge in [0.15, 0.2) is 11.5 Å². The van der Waals surface area contributed by atoms with Crippen molar-refractivity contribution < 1.29 is 19.0 Å². The van der Waals surface area contributed by atoms with E-state index >= 15 is 0 Å². The fourth-order valence-corrected chi connectivity index (χ4v) is 4.28. The average Bonchev–Trinajstić information content (AvgIpc) is 3.29. The van der Waals surface area contributed by atoms with Crippen LogP contribution in [0.25, 0.3) is 6.08 Å². The number of rotatable bonds is 12. The molecule has 1 heterocycles. The predicted molar refractivity (Wildman–Crippen MR) is 145 cm³/mol. The van der Waals surface area contributed by atoms with Gasteiger partial charge in [-0.1, -0.05) is 37.3 Å². The highest BCUT2D eigenvalue weighted by Gasteiger charge is 2.14. The highest BCUT2D eigenvalue weighted by molar-refractivity contribution is 7.15. The number of aryl methyl sites for hydroxylation is 2. The number of aromatic nitrogens is 2. The van der Waals surface area contributed by atoms with Gasteiger partial charge in [0.05, 0.1) is 6.61 Å². The van der Waals surface area contributed by atoms with E-state index in [4.69, 9.17) is 14.2 Å². The van der Waals surface area contributed by atoms with Crippen LogP contribution in [-0.4, -0.2) is 35.9 Å². The van der Waals surface area contributed by atoms with Gasteiger partial charge in [-0.15, -0.1) is 10.2 Å². The minimum absolute atomic E-state index is 0.0569. The molecule has 0 unspecified atom stereocenters. The van der Waals surface area contributed by atoms with Gasteiger partial charge in [0.1, 0.15) is 35.6 Å². The van der Waals surface area contributed by atoms with Crippen LogP contribution in [0, 0.1) is 31.1 Å². The summed E-state index contributed by atoms with van der Waals surface area (Å²) in [4.78, 5) is 12.7. The highest BCUT2D eigenvalue weighted by Crippen LogP contribution is 2.30. The molecule has 0 atom stereocenters. The van der Waals surface area contributed by atoms with E-state index in [1.165, 1.54) is 28.5 Å². The van der Waals surface area contributed by atoms with Gasteiger partial charge in [-0.2, -0.15) is 5.26 Å². The van der Waals surface area contributed by atoms with Crippen molar-refractivity contribution in [1.82, 2.24) is 10.2 Å². The predicted octanol–water partition coefficient (Wildman–Crippen LogP) is 5.76. The first kappa shape index (κ1) is 27.7. The second-order valence-electron chi connectivity index (χ2n) is 8.81. The Bertz CT molecular complexity index is 1290. The number of benzene rings is 2. The van der Waals surface area contributed by atoms with Crippen LogP contribution >= 0.6 is 11.3 Å². The van der Waals surface area contributed by atoms with Crippen LogP contribution in [-0.2, 0) is 11.2 Å². The van der Waals surface area contributed by atoms with Crippen molar-refractivity contribution in [2.75, 3.05) is 25.1 Å². The Morgan fingerprint density at radius 3 is 2.54 bits per heavy atom. The summed E-state index contributed by atoms with van der Waals surface area (Å²) in [6.45, 7) is 11.3. The maximum absolute atomic E-state index is 12.7. The van der Waals surface area contributed by atoms with E-state index in [1.54, 1.807) is 18.2 Å². The Balaban J connectivity index is 1.64. The fraction of sp³-hybridized carbons (Fsp3) is 0.357. The van der Waals surface area contributed by atoms with Crippen LogP contribution in [0.15, 0.2) is 42.0 Å². The van der Waals surface area contributed by atoms with Gasteiger partial charge in [-0.3, -0.25) is 10.1 Å². The number of nitriles is 1. The van der Waals surface area contributed by atoms with Crippen molar-refractivity contribution in [3.05, 3.63) is 63.7 Å². The molecule has 0 saturated carbocycles. The Hall–Kier alpha value is -3.90. The van der Waals surface area contributed by atoms with Gasteiger partial charge < -0.3 is 14.2 Å². The second-order valence-corrected chi connectivity index (χ2v) is 9.87. The Morgan fingerprint density at radius 1 is 1.05 bits per heavy atom. The quantitative estimate of drug-likeness (QED) is 0.184. The Morgan fingerprint density at radius 2 is 1.84 bits per heavy atom. The zero-order valence-corrected chi connectivity index (χ0v) is 22.6. The molecule has 2 aromatic carbocycles. The molecule has 3 rings (SSSR count). The maximum atomic E-state index is 12.7. The van der Waals surface area contributed by atoms with Gasteiger partial charge in [-0.25, -0.2) is 0 Å². The van der Waals surface area contributed by atoms with Crippen LogP contribution < -0.4 is 19.5 Å². The third-order valence-corrected chi connectivity index (χ3v) is 6.16. The van der Waals surface area contributed by atoms with Gasteiger partial charge in [-0.05, 0) is 73.7 Å². The molecule has 1 amide bonds. The average molecular weight is 521 g/mol. The lowest BCUT2D eigenvalue weighted by Gasteiger charge is -2.13. The second kappa shape index (κ2) is 13.4. The van der Waals surface area contributed by atoms with Crippen molar-refractivity contribution in [2.24, 2.45) is 5.92 Å². The molecule has 0 aliphatic heterocycles. The summed E-state index contributed by atoms with van der Waals surface area (Å²) in [6.07, 6.45) is 2.28. The molecular weight excluding hydrogens is 488 g/mol. The van der Waals surface area contributed by atoms with Crippen LogP contribution in [0.4, 0.5) is 5.13 Å². The van der Waals surface area contributed by atoms with Gasteiger partial charge in [0, 0.05) is 6.42 Å². The van der Waals surface area contributed by atoms with Gasteiger partial charge >= 0.3 is 0 Å². The standard InChI is InChI=1S/C28H32N4O4S/c1-6-34-25-16-21(8-10-24(25)36-12-11-35-23-9-7-19(4)20(5)14-23)15-22(17-29)27(33)30-28-32-31-26(37-28)13-18(2)3/h7-10,14-16,18H,6,11-13H2,1-5H3,(H,30,32,33)/b22-15-. The molecule has 0 bridgehead atoms. The van der Waals surface area contributed by atoms with Crippen LogP contribution in [0.5, 0.6) is 17.2 Å². The zero-order valence-electron chi connectivity index (χ0n) is 21.8. The molecule has 9 heteroatoms. The summed E-state index contributed by atoms with van der Waals surface area (Å²) in [6, 6.07) is 13.2. The lowest BCUT2D eigenvalue weighted by Crippen LogP contribution is -2.13. The number of nitrogens with zero attached hydrogens (tertiary/aromatic N) is 3. The largest absolute Gasteiger partial charge is 0.490 e. The molecule has 37 heavy (non-hydrogen) atoms. The molecule has 8 nitrogen and oxygen atoms in total. The first-order valence-electron chi connectivity index (χ1n) is 12.1. The number of nitrogens with one attached hydrogen (secondary N) is 1. The van der Waals surface area contributed by atoms with Gasteiger partial charge in [0.2, 0.25) is 5.13 Å². The third kappa shape index (κ3) is 8.33. The van der Waals surface area contributed by atoms with Crippen LogP contribution in [0.1, 0.15) is 42.5 Å². The fourth-order valence-electron chi connectivity index (χ4n) is 3.33. The normalized spacial score (nSPS) is 11.2. The van der Waals surface area contributed by atoms with E-state index in [1.807, 2.05) is 38.1 Å². The monoisotopic (exact) mass is 520 g/mol. The van der Waals surface area contributed by atoms with Crippen molar-refractivity contribution in [3.63, 3.8) is 0 Å². The molecule has 3 aromatic rings. The first-order chi connectivity index (χ1) is 17.8. The summed E-state index contributed by atoms with van der Waals surface area (Å²) < 4.78 is 17.4. The van der Waals surface area contributed by atoms with Crippen molar-refractivity contribution >= 4 is 28.5 Å². The summed E-state index contributed by atoms with van der Waals surface area (Å²) >= 11 is 1.31. The van der Waals surface area contributed by atoms with Crippen molar-refractivity contribution in [2.45, 2.75) is 41.0 Å².